The van der Waals surface area contributed by atoms with Crippen molar-refractivity contribution in [3.8, 4) is 11.1 Å². The molecule has 0 saturated carbocycles. The number of fused-ring (bicyclic) bond motifs is 1. The van der Waals surface area contributed by atoms with Gasteiger partial charge in [0.25, 0.3) is 0 Å². The fourth-order valence-electron chi connectivity index (χ4n) is 6.76. The quantitative estimate of drug-likeness (QED) is 0.0393. The summed E-state index contributed by atoms with van der Waals surface area (Å²) in [5.74, 6) is 7.10. The number of rotatable bonds is 9. The van der Waals surface area contributed by atoms with Gasteiger partial charge in [-0.2, -0.15) is 0 Å². The van der Waals surface area contributed by atoms with E-state index in [2.05, 4.69) is 101 Å². The Morgan fingerprint density at radius 3 is 2.02 bits per heavy atom. The van der Waals surface area contributed by atoms with Crippen LogP contribution in [0.3, 0.4) is 0 Å². The van der Waals surface area contributed by atoms with Crippen LogP contribution in [-0.2, 0) is 12.8 Å². The number of hydrogen-bond donors (Lipinski definition) is 4. The highest BCUT2D eigenvalue weighted by Gasteiger charge is 2.19. The molecular weight excluding hydrogens is 691 g/mol. The number of nitrogens with two attached hydrogens (primary N) is 2. The van der Waals surface area contributed by atoms with Crippen LogP contribution < -0.4 is 16.9 Å². The number of aliphatic hydroxyl groups is 1. The van der Waals surface area contributed by atoms with E-state index in [0.717, 1.165) is 52.2 Å². The number of aliphatic hydroxyl groups excluding tert-OH is 1. The summed E-state index contributed by atoms with van der Waals surface area (Å²) in [7, 11) is 0. The van der Waals surface area contributed by atoms with Crippen LogP contribution in [0.5, 0.6) is 0 Å². The first-order valence-corrected chi connectivity index (χ1v) is 19.4. The van der Waals surface area contributed by atoms with Crippen LogP contribution >= 0.6 is 0 Å². The molecule has 1 unspecified atom stereocenters. The molecule has 8 heteroatoms. The van der Waals surface area contributed by atoms with Gasteiger partial charge >= 0.3 is 0 Å². The zero-order chi connectivity index (χ0) is 39.7. The molecule has 0 amide bonds. The largest absolute Gasteiger partial charge is 0.402 e. The second-order valence-electron chi connectivity index (χ2n) is 14.1. The smallest absolute Gasteiger partial charge is 0.180 e. The molecule has 0 radical (unpaired) electrons. The van der Waals surface area contributed by atoms with Crippen molar-refractivity contribution in [2.24, 2.45) is 31.9 Å². The van der Waals surface area contributed by atoms with E-state index in [4.69, 9.17) is 16.6 Å². The Labute approximate surface area is 332 Å². The maximum Gasteiger partial charge on any atom is 0.180 e. The fraction of sp³-hybridized carbons (Fsp3) is 0.250. The first-order valence-electron chi connectivity index (χ1n) is 19.4. The van der Waals surface area contributed by atoms with Crippen molar-refractivity contribution in [1.82, 2.24) is 5.32 Å². The highest BCUT2D eigenvalue weighted by Crippen LogP contribution is 2.32. The number of benzene rings is 5. The molecule has 0 aromatic heterocycles. The molecule has 56 heavy (non-hydrogen) atoms. The molecule has 1 aliphatic heterocycles. The van der Waals surface area contributed by atoms with E-state index in [1.165, 1.54) is 35.1 Å². The lowest BCUT2D eigenvalue weighted by molar-refractivity contribution is 0.195. The molecule has 8 nitrogen and oxygen atoms in total. The summed E-state index contributed by atoms with van der Waals surface area (Å²) in [5.41, 5.74) is 18.3. The van der Waals surface area contributed by atoms with Crippen LogP contribution in [0.4, 0.5) is 0 Å². The first-order chi connectivity index (χ1) is 27.2. The summed E-state index contributed by atoms with van der Waals surface area (Å²) >= 11 is 0. The Morgan fingerprint density at radius 1 is 0.839 bits per heavy atom. The van der Waals surface area contributed by atoms with Crippen molar-refractivity contribution >= 4 is 11.7 Å². The molecule has 1 aliphatic carbocycles. The number of nitrogens with zero attached hydrogens (tertiary/aromatic N) is 4. The van der Waals surface area contributed by atoms with Gasteiger partial charge in [0.1, 0.15) is 11.9 Å². The Morgan fingerprint density at radius 2 is 1.45 bits per heavy atom. The number of nitrogens with one attached hydrogen (secondary N) is 1. The van der Waals surface area contributed by atoms with Crippen molar-refractivity contribution in [3.05, 3.63) is 190 Å². The standard InChI is InChI=1S/C29H26N4.C12H21N3O.C7H8/c30-33-32-29(31-28(22-10-3-1-4-11-22)23-12-5-2-6-13-23)27-17-8-7-16-26(27)25-19-18-21-14-9-15-24(21)20-25;1-4-12-14-7-11(15-12)8(2)5-10(13)6-9(3)16;1-7-5-3-2-4-6-7/h1-8,10-13,16-20,28H,9,14-15H2,(H2,30,31,32);5,9,16H,4,6-7,13H2,1-3H3,(H,14,15);2-6H,1H3/b;10-5-,11-8+;. The number of aryl methyl sites for hydroxylation is 3. The molecule has 2 aliphatic rings. The number of aliphatic imine (C=N–C) groups is 2. The Balaban J connectivity index is 0.000000215. The van der Waals surface area contributed by atoms with Crippen molar-refractivity contribution in [2.45, 2.75) is 71.9 Å². The monoisotopic (exact) mass is 745 g/mol. The third-order valence-corrected chi connectivity index (χ3v) is 9.62. The predicted molar refractivity (Wildman–Crippen MR) is 232 cm³/mol. The molecule has 6 N–H and O–H groups in total. The van der Waals surface area contributed by atoms with E-state index in [9.17, 15) is 5.11 Å². The second-order valence-corrected chi connectivity index (χ2v) is 14.1. The van der Waals surface area contributed by atoms with E-state index in [1.54, 1.807) is 6.92 Å². The molecule has 0 spiro atoms. The normalized spacial score (nSPS) is 15.2. The summed E-state index contributed by atoms with van der Waals surface area (Å²) in [6, 6.07) is 45.5. The zero-order valence-corrected chi connectivity index (χ0v) is 33.1. The van der Waals surface area contributed by atoms with Crippen LogP contribution in [0.2, 0.25) is 0 Å². The van der Waals surface area contributed by atoms with Gasteiger partial charge in [0.15, 0.2) is 5.84 Å². The molecule has 0 saturated heterocycles. The molecule has 1 atom stereocenters. The van der Waals surface area contributed by atoms with Crippen molar-refractivity contribution in [2.75, 3.05) is 6.54 Å². The molecule has 288 valence electrons. The minimum atomic E-state index is -0.395. The summed E-state index contributed by atoms with van der Waals surface area (Å²) in [6.07, 6.45) is 6.47. The highest BCUT2D eigenvalue weighted by atomic mass is 16.3. The van der Waals surface area contributed by atoms with Crippen LogP contribution in [0, 0.1) is 6.92 Å². The third-order valence-electron chi connectivity index (χ3n) is 9.62. The Bertz CT molecular complexity index is 2110. The fourth-order valence-corrected chi connectivity index (χ4v) is 6.76. The van der Waals surface area contributed by atoms with Gasteiger partial charge in [-0.1, -0.05) is 151 Å². The number of amidine groups is 2. The predicted octanol–water partition coefficient (Wildman–Crippen LogP) is 9.99. The van der Waals surface area contributed by atoms with E-state index < -0.39 is 6.10 Å². The molecule has 1 heterocycles. The van der Waals surface area contributed by atoms with Gasteiger partial charge < -0.3 is 22.0 Å². The zero-order valence-electron chi connectivity index (χ0n) is 33.1. The van der Waals surface area contributed by atoms with Gasteiger partial charge in [0.2, 0.25) is 0 Å². The lowest BCUT2D eigenvalue weighted by Gasteiger charge is -2.16. The summed E-state index contributed by atoms with van der Waals surface area (Å²) < 4.78 is 0. The third kappa shape index (κ3) is 11.9. The molecule has 0 fully saturated rings. The Hall–Kier alpha value is -6.12. The summed E-state index contributed by atoms with van der Waals surface area (Å²) in [6.45, 7) is 8.59. The van der Waals surface area contributed by atoms with Gasteiger partial charge in [0, 0.05) is 29.8 Å². The molecule has 7 rings (SSSR count). The van der Waals surface area contributed by atoms with Gasteiger partial charge in [-0.25, -0.2) is 0 Å². The van der Waals surface area contributed by atoms with Crippen LogP contribution in [-0.4, -0.2) is 29.4 Å². The van der Waals surface area contributed by atoms with Gasteiger partial charge in [-0.05, 0) is 85.1 Å². The van der Waals surface area contributed by atoms with Gasteiger partial charge in [0.05, 0.1) is 12.6 Å². The lowest BCUT2D eigenvalue weighted by Crippen LogP contribution is -2.17. The molecule has 0 bridgehead atoms. The molecule has 5 aromatic rings. The number of hydrogen-bond acceptors (Lipinski definition) is 6. The minimum Gasteiger partial charge on any atom is -0.402 e. The average molecular weight is 746 g/mol. The lowest BCUT2D eigenvalue weighted by atomic mass is 9.95. The van der Waals surface area contributed by atoms with E-state index in [-0.39, 0.29) is 6.04 Å². The summed E-state index contributed by atoms with van der Waals surface area (Å²) in [5, 5.41) is 20.4. The Kier molecular flexibility index (Phi) is 15.5. The van der Waals surface area contributed by atoms with E-state index >= 15 is 0 Å². The van der Waals surface area contributed by atoms with Crippen LogP contribution in [0.1, 0.15) is 79.5 Å². The maximum absolute atomic E-state index is 9.21. The topological polar surface area (TPSA) is 134 Å². The second kappa shape index (κ2) is 21.1. The van der Waals surface area contributed by atoms with Gasteiger partial charge in [-0.3, -0.25) is 9.98 Å². The van der Waals surface area contributed by atoms with Crippen molar-refractivity contribution in [1.29, 1.82) is 0 Å². The number of allylic oxidation sites excluding steroid dienone is 2. The van der Waals surface area contributed by atoms with Crippen molar-refractivity contribution < 1.29 is 5.11 Å². The SMILES string of the molecule is CCC1=NC/C(=C(C)\C=C(/N)CC(C)O)N1.Cc1ccccc1.NN=NC(=NC(c1ccccc1)c1ccccc1)c1ccccc1-c1ccc2c(c1)CCC2. The minimum absolute atomic E-state index is 0.221. The maximum atomic E-state index is 9.21. The van der Waals surface area contributed by atoms with Crippen molar-refractivity contribution in [3.63, 3.8) is 0 Å². The molecular formula is C48H55N7O. The summed E-state index contributed by atoms with van der Waals surface area (Å²) in [4.78, 5) is 9.46. The highest BCUT2D eigenvalue weighted by molar-refractivity contribution is 6.05. The van der Waals surface area contributed by atoms with Crippen LogP contribution in [0.25, 0.3) is 11.1 Å². The van der Waals surface area contributed by atoms with Crippen LogP contribution in [0.15, 0.2) is 177 Å². The average Bonchev–Trinajstić information content (AvgIpc) is 3.91. The van der Waals surface area contributed by atoms with Gasteiger partial charge in [-0.15, -0.1) is 5.11 Å². The van der Waals surface area contributed by atoms with E-state index in [1.807, 2.05) is 79.7 Å². The van der Waals surface area contributed by atoms with E-state index in [0.29, 0.717) is 24.5 Å². The molecule has 5 aromatic carbocycles. The first kappa shape index (κ1) is 41.1.